The van der Waals surface area contributed by atoms with Crippen LogP contribution in [0.15, 0.2) is 35.0 Å². The van der Waals surface area contributed by atoms with Gasteiger partial charge in [-0.3, -0.25) is 0 Å². The highest BCUT2D eigenvalue weighted by Crippen LogP contribution is 2.30. The third kappa shape index (κ3) is 2.46. The highest BCUT2D eigenvalue weighted by Gasteiger charge is 2.15. The Morgan fingerprint density at radius 1 is 1.11 bits per heavy atom. The van der Waals surface area contributed by atoms with E-state index in [2.05, 4.69) is 32.9 Å². The minimum absolute atomic E-state index is 0.114. The van der Waals surface area contributed by atoms with Gasteiger partial charge in [0.05, 0.1) is 5.56 Å². The van der Waals surface area contributed by atoms with Gasteiger partial charge in [0, 0.05) is 10.9 Å². The number of carboxylic acid groups (broad SMARTS) is 1. The SMILES string of the molecule is CC(C)(C)c1ccc(-c2cscc2C(=O)O)cc1. The van der Waals surface area contributed by atoms with Gasteiger partial charge in [0.2, 0.25) is 0 Å². The van der Waals surface area contributed by atoms with Crippen LogP contribution in [-0.2, 0) is 5.41 Å². The van der Waals surface area contributed by atoms with E-state index < -0.39 is 5.97 Å². The molecule has 0 fully saturated rings. The second-order valence-corrected chi connectivity index (χ2v) is 6.08. The Hall–Kier alpha value is -1.61. The molecule has 2 rings (SSSR count). The summed E-state index contributed by atoms with van der Waals surface area (Å²) in [7, 11) is 0. The van der Waals surface area contributed by atoms with Crippen molar-refractivity contribution in [3.8, 4) is 11.1 Å². The molecule has 94 valence electrons. The smallest absolute Gasteiger partial charge is 0.337 e. The zero-order valence-corrected chi connectivity index (χ0v) is 11.5. The summed E-state index contributed by atoms with van der Waals surface area (Å²) in [4.78, 5) is 11.1. The third-order valence-corrected chi connectivity index (χ3v) is 3.70. The van der Waals surface area contributed by atoms with E-state index in [0.29, 0.717) is 5.56 Å². The lowest BCUT2D eigenvalue weighted by Gasteiger charge is -2.19. The summed E-state index contributed by atoms with van der Waals surface area (Å²) in [6, 6.07) is 8.13. The maximum atomic E-state index is 11.1. The average molecular weight is 260 g/mol. The lowest BCUT2D eigenvalue weighted by molar-refractivity contribution is 0.0698. The number of hydrogen-bond donors (Lipinski definition) is 1. The first-order valence-corrected chi connectivity index (χ1v) is 6.74. The van der Waals surface area contributed by atoms with Crippen LogP contribution in [0.1, 0.15) is 36.7 Å². The molecular weight excluding hydrogens is 244 g/mol. The zero-order chi connectivity index (χ0) is 13.3. The van der Waals surface area contributed by atoms with Crippen molar-refractivity contribution in [3.05, 3.63) is 46.2 Å². The summed E-state index contributed by atoms with van der Waals surface area (Å²) in [6.07, 6.45) is 0. The van der Waals surface area contributed by atoms with Crippen molar-refractivity contribution in [2.75, 3.05) is 0 Å². The topological polar surface area (TPSA) is 37.3 Å². The van der Waals surface area contributed by atoms with Crippen molar-refractivity contribution in [1.82, 2.24) is 0 Å². The Kier molecular flexibility index (Phi) is 3.26. The van der Waals surface area contributed by atoms with Gasteiger partial charge in [0.25, 0.3) is 0 Å². The van der Waals surface area contributed by atoms with E-state index in [1.165, 1.54) is 16.9 Å². The monoisotopic (exact) mass is 260 g/mol. The molecule has 1 N–H and O–H groups in total. The van der Waals surface area contributed by atoms with Crippen LogP contribution in [0.5, 0.6) is 0 Å². The van der Waals surface area contributed by atoms with Gasteiger partial charge in [-0.05, 0) is 21.9 Å². The summed E-state index contributed by atoms with van der Waals surface area (Å²) >= 11 is 1.42. The molecule has 3 heteroatoms. The van der Waals surface area contributed by atoms with Crippen LogP contribution in [0.4, 0.5) is 0 Å². The van der Waals surface area contributed by atoms with Crippen molar-refractivity contribution in [1.29, 1.82) is 0 Å². The van der Waals surface area contributed by atoms with Gasteiger partial charge >= 0.3 is 5.97 Å². The van der Waals surface area contributed by atoms with Crippen molar-refractivity contribution >= 4 is 17.3 Å². The maximum absolute atomic E-state index is 11.1. The minimum Gasteiger partial charge on any atom is -0.478 e. The fourth-order valence-corrected chi connectivity index (χ4v) is 2.67. The second-order valence-electron chi connectivity index (χ2n) is 5.33. The number of carbonyl (C=O) groups is 1. The average Bonchev–Trinajstić information content (AvgIpc) is 2.77. The van der Waals surface area contributed by atoms with Crippen molar-refractivity contribution in [2.45, 2.75) is 26.2 Å². The fourth-order valence-electron chi connectivity index (χ4n) is 1.84. The van der Waals surface area contributed by atoms with Gasteiger partial charge in [-0.1, -0.05) is 45.0 Å². The molecule has 0 aliphatic heterocycles. The van der Waals surface area contributed by atoms with E-state index in [0.717, 1.165) is 11.1 Å². The minimum atomic E-state index is -0.869. The van der Waals surface area contributed by atoms with E-state index >= 15 is 0 Å². The molecule has 2 aromatic rings. The Balaban J connectivity index is 2.41. The number of thiophene rings is 1. The van der Waals surface area contributed by atoms with E-state index in [1.807, 2.05) is 17.5 Å². The highest BCUT2D eigenvalue weighted by molar-refractivity contribution is 7.08. The second kappa shape index (κ2) is 4.58. The van der Waals surface area contributed by atoms with Crippen LogP contribution >= 0.6 is 11.3 Å². The number of benzene rings is 1. The van der Waals surface area contributed by atoms with Crippen LogP contribution in [-0.4, -0.2) is 11.1 Å². The molecule has 0 aliphatic carbocycles. The van der Waals surface area contributed by atoms with Crippen LogP contribution in [0, 0.1) is 0 Å². The number of carboxylic acids is 1. The van der Waals surface area contributed by atoms with E-state index in [4.69, 9.17) is 5.11 Å². The van der Waals surface area contributed by atoms with Crippen LogP contribution in [0.3, 0.4) is 0 Å². The molecule has 0 amide bonds. The van der Waals surface area contributed by atoms with E-state index in [9.17, 15) is 4.79 Å². The number of hydrogen-bond acceptors (Lipinski definition) is 2. The van der Waals surface area contributed by atoms with Crippen LogP contribution < -0.4 is 0 Å². The molecule has 0 unspecified atom stereocenters. The quantitative estimate of drug-likeness (QED) is 0.868. The molecule has 0 radical (unpaired) electrons. The van der Waals surface area contributed by atoms with Gasteiger partial charge < -0.3 is 5.11 Å². The molecule has 1 heterocycles. The predicted molar refractivity (Wildman–Crippen MR) is 75.4 cm³/mol. The predicted octanol–water partition coefficient (Wildman–Crippen LogP) is 4.41. The lowest BCUT2D eigenvalue weighted by atomic mass is 9.86. The van der Waals surface area contributed by atoms with Crippen LogP contribution in [0.25, 0.3) is 11.1 Å². The number of aromatic carboxylic acids is 1. The first kappa shape index (κ1) is 12.8. The van der Waals surface area contributed by atoms with Gasteiger partial charge in [-0.2, -0.15) is 11.3 Å². The van der Waals surface area contributed by atoms with Gasteiger partial charge in [0.15, 0.2) is 0 Å². The molecular formula is C15H16O2S. The summed E-state index contributed by atoms with van der Waals surface area (Å²) in [5.74, 6) is -0.869. The molecule has 0 atom stereocenters. The molecule has 2 nitrogen and oxygen atoms in total. The lowest BCUT2D eigenvalue weighted by Crippen LogP contribution is -2.10. The zero-order valence-electron chi connectivity index (χ0n) is 10.7. The van der Waals surface area contributed by atoms with Crippen molar-refractivity contribution < 1.29 is 9.90 Å². The molecule has 0 bridgehead atoms. The van der Waals surface area contributed by atoms with Crippen molar-refractivity contribution in [3.63, 3.8) is 0 Å². The molecule has 18 heavy (non-hydrogen) atoms. The van der Waals surface area contributed by atoms with Gasteiger partial charge in [-0.25, -0.2) is 4.79 Å². The molecule has 0 aliphatic rings. The Morgan fingerprint density at radius 2 is 1.72 bits per heavy atom. The van der Waals surface area contributed by atoms with Gasteiger partial charge in [0.1, 0.15) is 0 Å². The van der Waals surface area contributed by atoms with Crippen LogP contribution in [0.2, 0.25) is 0 Å². The van der Waals surface area contributed by atoms with Crippen molar-refractivity contribution in [2.24, 2.45) is 0 Å². The first-order valence-electron chi connectivity index (χ1n) is 5.80. The van der Waals surface area contributed by atoms with E-state index in [-0.39, 0.29) is 5.41 Å². The molecule has 1 aromatic heterocycles. The Morgan fingerprint density at radius 3 is 2.22 bits per heavy atom. The first-order chi connectivity index (χ1) is 8.39. The van der Waals surface area contributed by atoms with Gasteiger partial charge in [-0.15, -0.1) is 0 Å². The Bertz CT molecular complexity index is 559. The van der Waals surface area contributed by atoms with E-state index in [1.54, 1.807) is 5.38 Å². The summed E-state index contributed by atoms with van der Waals surface area (Å²) in [6.45, 7) is 6.49. The summed E-state index contributed by atoms with van der Waals surface area (Å²) in [5.41, 5.74) is 3.50. The fraction of sp³-hybridized carbons (Fsp3) is 0.267. The largest absolute Gasteiger partial charge is 0.478 e. The molecule has 1 aromatic carbocycles. The molecule has 0 saturated carbocycles. The maximum Gasteiger partial charge on any atom is 0.337 e. The third-order valence-electron chi connectivity index (χ3n) is 2.95. The standard InChI is InChI=1S/C15H16O2S/c1-15(2,3)11-6-4-10(5-7-11)12-8-18-9-13(12)14(16)17/h4-9H,1-3H3,(H,16,17). The summed E-state index contributed by atoms with van der Waals surface area (Å²) < 4.78 is 0. The summed E-state index contributed by atoms with van der Waals surface area (Å²) in [5, 5.41) is 12.7. The normalized spacial score (nSPS) is 11.5. The highest BCUT2D eigenvalue weighted by atomic mass is 32.1. The molecule has 0 saturated heterocycles. The number of rotatable bonds is 2. The Labute approximate surface area is 111 Å². The molecule has 0 spiro atoms.